The van der Waals surface area contributed by atoms with Gasteiger partial charge in [-0.15, -0.1) is 0 Å². The van der Waals surface area contributed by atoms with Crippen LogP contribution in [0.5, 0.6) is 17.2 Å². The topological polar surface area (TPSA) is 65.0 Å². The molecule has 6 heteroatoms. The molecule has 2 heterocycles. The molecule has 6 nitrogen and oxygen atoms in total. The lowest BCUT2D eigenvalue weighted by molar-refractivity contribution is 0.216. The van der Waals surface area contributed by atoms with E-state index in [1.54, 1.807) is 12.4 Å². The van der Waals surface area contributed by atoms with E-state index >= 15 is 0 Å². The summed E-state index contributed by atoms with van der Waals surface area (Å²) in [5, 5.41) is 11.1. The van der Waals surface area contributed by atoms with Gasteiger partial charge in [0.15, 0.2) is 0 Å². The lowest BCUT2D eigenvalue weighted by Gasteiger charge is -2.15. The first-order chi connectivity index (χ1) is 13.2. The van der Waals surface area contributed by atoms with Crippen LogP contribution in [0, 0.1) is 0 Å². The van der Waals surface area contributed by atoms with Crippen molar-refractivity contribution in [2.45, 2.75) is 13.0 Å². The highest BCUT2D eigenvalue weighted by Crippen LogP contribution is 2.28. The molecular formula is C21H20N4O2. The van der Waals surface area contributed by atoms with E-state index in [0.717, 1.165) is 34.2 Å². The molecular weight excluding hydrogens is 340 g/mol. The summed E-state index contributed by atoms with van der Waals surface area (Å²) in [5.41, 5.74) is 3.06. The Morgan fingerprint density at radius 2 is 1.52 bits per heavy atom. The number of hydrogen-bond donors (Lipinski definition) is 1. The van der Waals surface area contributed by atoms with Crippen LogP contribution in [0.2, 0.25) is 0 Å². The van der Waals surface area contributed by atoms with Crippen molar-refractivity contribution in [1.29, 1.82) is 0 Å². The molecule has 136 valence electrons. The lowest BCUT2D eigenvalue weighted by Crippen LogP contribution is -2.08. The normalized spacial score (nSPS) is 11.9. The summed E-state index contributed by atoms with van der Waals surface area (Å²) in [6.45, 7) is 2.00. The third kappa shape index (κ3) is 3.84. The van der Waals surface area contributed by atoms with Gasteiger partial charge in [-0.1, -0.05) is 0 Å². The summed E-state index contributed by atoms with van der Waals surface area (Å²) in [7, 11) is 1.91. The number of aromatic amines is 1. The zero-order chi connectivity index (χ0) is 18.6. The maximum Gasteiger partial charge on any atom is 0.137 e. The third-order valence-electron chi connectivity index (χ3n) is 4.31. The number of benzene rings is 2. The summed E-state index contributed by atoms with van der Waals surface area (Å²) >= 11 is 0. The van der Waals surface area contributed by atoms with Gasteiger partial charge >= 0.3 is 0 Å². The Bertz CT molecular complexity index is 990. The maximum atomic E-state index is 5.98. The number of aryl methyl sites for hydroxylation is 1. The summed E-state index contributed by atoms with van der Waals surface area (Å²) in [4.78, 5) is 0. The Labute approximate surface area is 157 Å². The smallest absolute Gasteiger partial charge is 0.137 e. The number of ether oxygens (including phenoxy) is 2. The highest BCUT2D eigenvalue weighted by atomic mass is 16.5. The van der Waals surface area contributed by atoms with Crippen LogP contribution in [0.4, 0.5) is 0 Å². The van der Waals surface area contributed by atoms with Gasteiger partial charge in [0.1, 0.15) is 23.4 Å². The Morgan fingerprint density at radius 3 is 2.11 bits per heavy atom. The molecule has 1 atom stereocenters. The maximum absolute atomic E-state index is 5.98. The largest absolute Gasteiger partial charge is 0.484 e. The molecule has 0 saturated carbocycles. The second kappa shape index (κ2) is 7.37. The van der Waals surface area contributed by atoms with E-state index in [0.29, 0.717) is 0 Å². The van der Waals surface area contributed by atoms with Gasteiger partial charge in [0.2, 0.25) is 0 Å². The highest BCUT2D eigenvalue weighted by Gasteiger charge is 2.11. The Balaban J connectivity index is 1.40. The minimum atomic E-state index is -0.0840. The fourth-order valence-electron chi connectivity index (χ4n) is 2.89. The molecule has 1 N–H and O–H groups in total. The van der Waals surface area contributed by atoms with E-state index in [-0.39, 0.29) is 6.10 Å². The second-order valence-corrected chi connectivity index (χ2v) is 6.21. The van der Waals surface area contributed by atoms with E-state index in [4.69, 9.17) is 9.47 Å². The Hall–Kier alpha value is -3.54. The zero-order valence-corrected chi connectivity index (χ0v) is 15.2. The van der Waals surface area contributed by atoms with E-state index in [9.17, 15) is 0 Å². The van der Waals surface area contributed by atoms with Gasteiger partial charge in [-0.25, -0.2) is 0 Å². The number of hydrogen-bond acceptors (Lipinski definition) is 4. The van der Waals surface area contributed by atoms with Gasteiger partial charge in [0, 0.05) is 19.4 Å². The first-order valence-electron chi connectivity index (χ1n) is 8.71. The first kappa shape index (κ1) is 16.9. The molecule has 0 aliphatic rings. The van der Waals surface area contributed by atoms with Crippen LogP contribution in [0.15, 0.2) is 73.1 Å². The van der Waals surface area contributed by atoms with Crippen molar-refractivity contribution in [2.24, 2.45) is 7.05 Å². The standard InChI is InChI=1S/C21H20N4O2/c1-15(21-12-14-23-25(21)2)26-17-7-9-19(10-8-17)27-18-5-3-16(4-6-18)20-11-13-22-24-20/h3-15H,1-2H3,(H,22,24). The number of nitrogens with zero attached hydrogens (tertiary/aromatic N) is 3. The minimum Gasteiger partial charge on any atom is -0.484 e. The predicted molar refractivity (Wildman–Crippen MR) is 103 cm³/mol. The van der Waals surface area contributed by atoms with Crippen molar-refractivity contribution < 1.29 is 9.47 Å². The molecule has 0 fully saturated rings. The van der Waals surface area contributed by atoms with Gasteiger partial charge < -0.3 is 9.47 Å². The third-order valence-corrected chi connectivity index (χ3v) is 4.31. The van der Waals surface area contributed by atoms with E-state index in [2.05, 4.69) is 15.3 Å². The molecule has 2 aromatic carbocycles. The summed E-state index contributed by atoms with van der Waals surface area (Å²) in [6, 6.07) is 19.3. The van der Waals surface area contributed by atoms with Crippen molar-refractivity contribution in [1.82, 2.24) is 20.0 Å². The van der Waals surface area contributed by atoms with Crippen LogP contribution in [0.1, 0.15) is 18.7 Å². The van der Waals surface area contributed by atoms with Crippen LogP contribution in [0.25, 0.3) is 11.3 Å². The van der Waals surface area contributed by atoms with Crippen LogP contribution in [-0.4, -0.2) is 20.0 Å². The zero-order valence-electron chi connectivity index (χ0n) is 15.2. The number of nitrogens with one attached hydrogen (secondary N) is 1. The molecule has 0 aliphatic carbocycles. The summed E-state index contributed by atoms with van der Waals surface area (Å²) in [6.07, 6.45) is 3.42. The molecule has 4 aromatic rings. The van der Waals surface area contributed by atoms with Crippen molar-refractivity contribution >= 4 is 0 Å². The average molecular weight is 360 g/mol. The van der Waals surface area contributed by atoms with E-state index in [1.807, 2.05) is 79.3 Å². The fraction of sp³-hybridized carbons (Fsp3) is 0.143. The van der Waals surface area contributed by atoms with Gasteiger partial charge in [0.05, 0.1) is 11.4 Å². The number of H-pyrrole nitrogens is 1. The SMILES string of the molecule is CC(Oc1ccc(Oc2ccc(-c3ccn[nH]3)cc2)cc1)c1ccnn1C. The summed E-state index contributed by atoms with van der Waals surface area (Å²) in [5.74, 6) is 2.31. The highest BCUT2D eigenvalue weighted by molar-refractivity contribution is 5.59. The van der Waals surface area contributed by atoms with E-state index in [1.165, 1.54) is 0 Å². The molecule has 1 unspecified atom stereocenters. The van der Waals surface area contributed by atoms with Crippen LogP contribution in [0.3, 0.4) is 0 Å². The van der Waals surface area contributed by atoms with Crippen molar-refractivity contribution in [3.05, 3.63) is 78.8 Å². The van der Waals surface area contributed by atoms with Crippen molar-refractivity contribution in [3.63, 3.8) is 0 Å². The molecule has 0 spiro atoms. The van der Waals surface area contributed by atoms with Gasteiger partial charge in [0.25, 0.3) is 0 Å². The van der Waals surface area contributed by atoms with E-state index < -0.39 is 0 Å². The fourth-order valence-corrected chi connectivity index (χ4v) is 2.89. The number of rotatable bonds is 6. The Morgan fingerprint density at radius 1 is 0.852 bits per heavy atom. The molecule has 0 amide bonds. The molecule has 0 bridgehead atoms. The van der Waals surface area contributed by atoms with Gasteiger partial charge in [-0.3, -0.25) is 9.78 Å². The number of aromatic nitrogens is 4. The molecule has 4 rings (SSSR count). The molecule has 2 aromatic heterocycles. The van der Waals surface area contributed by atoms with Crippen molar-refractivity contribution in [3.8, 4) is 28.5 Å². The van der Waals surface area contributed by atoms with Crippen LogP contribution >= 0.6 is 0 Å². The van der Waals surface area contributed by atoms with Crippen LogP contribution < -0.4 is 9.47 Å². The van der Waals surface area contributed by atoms with Crippen molar-refractivity contribution in [2.75, 3.05) is 0 Å². The van der Waals surface area contributed by atoms with Crippen LogP contribution in [-0.2, 0) is 7.05 Å². The monoisotopic (exact) mass is 360 g/mol. The average Bonchev–Trinajstić information content (AvgIpc) is 3.36. The van der Waals surface area contributed by atoms with Gasteiger partial charge in [-0.05, 0) is 73.2 Å². The second-order valence-electron chi connectivity index (χ2n) is 6.21. The summed E-state index contributed by atoms with van der Waals surface area (Å²) < 4.78 is 13.7. The predicted octanol–water partition coefficient (Wildman–Crippen LogP) is 4.74. The molecule has 0 saturated heterocycles. The minimum absolute atomic E-state index is 0.0840. The molecule has 0 radical (unpaired) electrons. The molecule has 0 aliphatic heterocycles. The quantitative estimate of drug-likeness (QED) is 0.539. The lowest BCUT2D eigenvalue weighted by atomic mass is 10.1. The van der Waals surface area contributed by atoms with Gasteiger partial charge in [-0.2, -0.15) is 10.2 Å². The molecule has 27 heavy (non-hydrogen) atoms. The Kier molecular flexibility index (Phi) is 4.61. The first-order valence-corrected chi connectivity index (χ1v) is 8.71.